The minimum absolute atomic E-state index is 0.304. The summed E-state index contributed by atoms with van der Waals surface area (Å²) < 4.78 is 0. The first-order valence-corrected chi connectivity index (χ1v) is 5.40. The van der Waals surface area contributed by atoms with Crippen LogP contribution in [0.3, 0.4) is 0 Å². The van der Waals surface area contributed by atoms with Gasteiger partial charge in [-0.2, -0.15) is 0 Å². The van der Waals surface area contributed by atoms with E-state index in [1.165, 1.54) is 0 Å². The minimum Gasteiger partial charge on any atom is -0.358 e. The summed E-state index contributed by atoms with van der Waals surface area (Å²) in [6.07, 6.45) is 0.620. The smallest absolute Gasteiger partial charge is 0.358 e. The van der Waals surface area contributed by atoms with Crippen molar-refractivity contribution in [1.82, 2.24) is 15.0 Å². The molecule has 118 valence electrons. The Labute approximate surface area is 123 Å². The lowest BCUT2D eigenvalue weighted by molar-refractivity contribution is -0.403. The van der Waals surface area contributed by atoms with Gasteiger partial charge in [0, 0.05) is 0 Å². The molecule has 15 heteroatoms. The Morgan fingerprint density at radius 2 is 1.35 bits per heavy atom. The third kappa shape index (κ3) is 2.73. The third-order valence-corrected chi connectivity index (χ3v) is 2.53. The molecule has 0 radical (unpaired) electrons. The molecule has 0 N–H and O–H groups in total. The number of nitrogens with zero attached hydrogens (tertiary/aromatic N) is 7. The van der Waals surface area contributed by atoms with Crippen LogP contribution in [0.2, 0.25) is 0 Å². The molecule has 0 fully saturated rings. The van der Waals surface area contributed by atoms with Crippen molar-refractivity contribution >= 4 is 22.9 Å². The van der Waals surface area contributed by atoms with Crippen molar-refractivity contribution in [1.29, 1.82) is 0 Å². The monoisotopic (exact) mass is 325 g/mol. The second-order valence-electron chi connectivity index (χ2n) is 3.85. The fourth-order valence-corrected chi connectivity index (χ4v) is 1.62. The molecule has 0 saturated carbocycles. The van der Waals surface area contributed by atoms with E-state index < -0.39 is 48.3 Å². The Kier molecular flexibility index (Phi) is 3.60. The van der Waals surface area contributed by atoms with Gasteiger partial charge in [-0.05, 0) is 9.72 Å². The van der Waals surface area contributed by atoms with E-state index in [0.29, 0.717) is 23.1 Å². The second kappa shape index (κ2) is 5.39. The topological polar surface area (TPSA) is 203 Å². The number of nitro groups is 4. The molecule has 0 saturated heterocycles. The molecule has 2 rings (SSSR count). The van der Waals surface area contributed by atoms with Crippen LogP contribution in [-0.4, -0.2) is 34.7 Å². The standard InChI is InChI=1S/C8H3N7O8/c16-12(17)4-1-5(13(18)19)8(6(2-4)14(20)21)11-9-3-7(10-11)15(22)23/h1-3H. The van der Waals surface area contributed by atoms with Gasteiger partial charge in [0.05, 0.1) is 32.0 Å². The highest BCUT2D eigenvalue weighted by atomic mass is 16.6. The van der Waals surface area contributed by atoms with Gasteiger partial charge in [-0.1, -0.05) is 0 Å². The van der Waals surface area contributed by atoms with E-state index in [9.17, 15) is 40.5 Å². The number of hydrogen-bond acceptors (Lipinski definition) is 10. The molecule has 1 aromatic heterocycles. The van der Waals surface area contributed by atoms with Crippen LogP contribution in [0.25, 0.3) is 5.69 Å². The van der Waals surface area contributed by atoms with Gasteiger partial charge in [-0.25, -0.2) is 0 Å². The number of aromatic nitrogens is 3. The molecule has 0 aliphatic carbocycles. The van der Waals surface area contributed by atoms with E-state index in [-0.39, 0.29) is 0 Å². The van der Waals surface area contributed by atoms with Crippen molar-refractivity contribution in [3.05, 3.63) is 58.8 Å². The Morgan fingerprint density at radius 1 is 0.826 bits per heavy atom. The first kappa shape index (κ1) is 15.4. The molecule has 0 atom stereocenters. The number of nitro benzene ring substituents is 3. The van der Waals surface area contributed by atoms with Crippen LogP contribution in [-0.2, 0) is 0 Å². The Balaban J connectivity index is 2.82. The molecule has 0 unspecified atom stereocenters. The highest BCUT2D eigenvalue weighted by Crippen LogP contribution is 2.36. The molecule has 0 spiro atoms. The van der Waals surface area contributed by atoms with E-state index in [4.69, 9.17) is 0 Å². The van der Waals surface area contributed by atoms with E-state index in [0.717, 1.165) is 0 Å². The lowest BCUT2D eigenvalue weighted by Crippen LogP contribution is -2.08. The van der Waals surface area contributed by atoms with Gasteiger partial charge in [0.1, 0.15) is 0 Å². The summed E-state index contributed by atoms with van der Waals surface area (Å²) in [5.41, 5.74) is -3.82. The third-order valence-electron chi connectivity index (χ3n) is 2.53. The summed E-state index contributed by atoms with van der Waals surface area (Å²) in [6, 6.07) is 0.940. The van der Waals surface area contributed by atoms with Gasteiger partial charge in [-0.15, -0.1) is 5.10 Å². The van der Waals surface area contributed by atoms with Crippen LogP contribution in [0.5, 0.6) is 0 Å². The van der Waals surface area contributed by atoms with Gasteiger partial charge in [0.15, 0.2) is 6.20 Å². The maximum absolute atomic E-state index is 11.0. The summed E-state index contributed by atoms with van der Waals surface area (Å²) in [7, 11) is 0. The van der Waals surface area contributed by atoms with Crippen molar-refractivity contribution in [3.63, 3.8) is 0 Å². The van der Waals surface area contributed by atoms with Crippen LogP contribution in [0, 0.1) is 40.5 Å². The van der Waals surface area contributed by atoms with E-state index in [1.54, 1.807) is 0 Å². The average Bonchev–Trinajstić information content (AvgIpc) is 2.95. The minimum atomic E-state index is -1.12. The van der Waals surface area contributed by atoms with Crippen molar-refractivity contribution in [2.75, 3.05) is 0 Å². The average molecular weight is 325 g/mol. The lowest BCUT2D eigenvalue weighted by Gasteiger charge is -2.00. The zero-order valence-corrected chi connectivity index (χ0v) is 10.6. The van der Waals surface area contributed by atoms with Gasteiger partial charge in [0.25, 0.3) is 11.4 Å². The molecule has 0 aliphatic heterocycles. The van der Waals surface area contributed by atoms with E-state index >= 15 is 0 Å². The summed E-state index contributed by atoms with van der Waals surface area (Å²) in [5.74, 6) is -0.813. The first-order chi connectivity index (χ1) is 10.7. The first-order valence-electron chi connectivity index (χ1n) is 5.40. The number of hydrogen-bond donors (Lipinski definition) is 0. The summed E-state index contributed by atoms with van der Waals surface area (Å²) in [5, 5.41) is 50.0. The fraction of sp³-hybridized carbons (Fsp3) is 0. The lowest BCUT2D eigenvalue weighted by atomic mass is 10.2. The quantitative estimate of drug-likeness (QED) is 0.560. The molecule has 0 amide bonds. The van der Waals surface area contributed by atoms with Gasteiger partial charge in [0.2, 0.25) is 0 Å². The number of non-ortho nitro benzene ring substituents is 1. The number of rotatable bonds is 5. The van der Waals surface area contributed by atoms with Crippen LogP contribution in [0.1, 0.15) is 0 Å². The van der Waals surface area contributed by atoms with Crippen molar-refractivity contribution in [2.24, 2.45) is 0 Å². The maximum Gasteiger partial charge on any atom is 0.410 e. The zero-order valence-electron chi connectivity index (χ0n) is 10.6. The van der Waals surface area contributed by atoms with Gasteiger partial charge in [-0.3, -0.25) is 30.3 Å². The van der Waals surface area contributed by atoms with Gasteiger partial charge < -0.3 is 10.1 Å². The molecule has 0 bridgehead atoms. The predicted octanol–water partition coefficient (Wildman–Crippen LogP) is 0.900. The van der Waals surface area contributed by atoms with Crippen LogP contribution < -0.4 is 0 Å². The summed E-state index contributed by atoms with van der Waals surface area (Å²) in [4.78, 5) is 39.4. The summed E-state index contributed by atoms with van der Waals surface area (Å²) >= 11 is 0. The molecule has 2 aromatic rings. The zero-order chi connectivity index (χ0) is 17.3. The molecule has 15 nitrogen and oxygen atoms in total. The van der Waals surface area contributed by atoms with Crippen molar-refractivity contribution < 1.29 is 19.7 Å². The normalized spacial score (nSPS) is 10.3. The number of benzene rings is 1. The van der Waals surface area contributed by atoms with Crippen LogP contribution in [0.15, 0.2) is 18.3 Å². The molecular weight excluding hydrogens is 322 g/mol. The van der Waals surface area contributed by atoms with Crippen LogP contribution in [0.4, 0.5) is 22.9 Å². The largest absolute Gasteiger partial charge is 0.410 e. The van der Waals surface area contributed by atoms with E-state index in [1.807, 2.05) is 0 Å². The van der Waals surface area contributed by atoms with Gasteiger partial charge >= 0.3 is 17.2 Å². The molecule has 0 aliphatic rings. The SMILES string of the molecule is O=[N+]([O-])c1cc([N+](=O)[O-])c(-n2ncc([N+](=O)[O-])n2)c([N+](=O)[O-])c1. The van der Waals surface area contributed by atoms with Crippen LogP contribution >= 0.6 is 0 Å². The molecule has 1 aromatic carbocycles. The highest BCUT2D eigenvalue weighted by molar-refractivity contribution is 5.69. The summed E-state index contributed by atoms with van der Waals surface area (Å²) in [6.45, 7) is 0. The van der Waals surface area contributed by atoms with Crippen molar-refractivity contribution in [3.8, 4) is 5.69 Å². The predicted molar refractivity (Wildman–Crippen MR) is 68.0 cm³/mol. The van der Waals surface area contributed by atoms with E-state index in [2.05, 4.69) is 10.2 Å². The second-order valence-corrected chi connectivity index (χ2v) is 3.85. The highest BCUT2D eigenvalue weighted by Gasteiger charge is 2.35. The Morgan fingerprint density at radius 3 is 1.70 bits per heavy atom. The molecule has 1 heterocycles. The Bertz CT molecular complexity index is 823. The maximum atomic E-state index is 11.0. The molecule has 23 heavy (non-hydrogen) atoms. The van der Waals surface area contributed by atoms with Crippen molar-refractivity contribution in [2.45, 2.75) is 0 Å². The fourth-order valence-electron chi connectivity index (χ4n) is 1.62. The molecular formula is C8H3N7O8. The Hall–Kier alpha value is -4.04.